The number of nitrogens with one attached hydrogen (secondary N) is 2. The highest BCUT2D eigenvalue weighted by molar-refractivity contribution is 5.74. The van der Waals surface area contributed by atoms with Crippen molar-refractivity contribution >= 4 is 6.03 Å². The van der Waals surface area contributed by atoms with Crippen LogP contribution < -0.4 is 10.6 Å². The minimum atomic E-state index is -0.812. The monoisotopic (exact) mass is 264 g/mol. The normalized spacial score (nSPS) is 12.8. The summed E-state index contributed by atoms with van der Waals surface area (Å²) in [5.41, 5.74) is 0.242. The summed E-state index contributed by atoms with van der Waals surface area (Å²) in [4.78, 5) is 11.8. The van der Waals surface area contributed by atoms with Crippen LogP contribution in [-0.4, -0.2) is 23.3 Å². The predicted molar refractivity (Wildman–Crippen MR) is 76.9 cm³/mol. The molecule has 0 aliphatic heterocycles. The fraction of sp³-hybridized carbons (Fsp3) is 0.533. The van der Waals surface area contributed by atoms with E-state index in [4.69, 9.17) is 0 Å². The molecule has 1 atom stereocenters. The molecule has 0 heterocycles. The van der Waals surface area contributed by atoms with Gasteiger partial charge in [-0.1, -0.05) is 44.2 Å². The fourth-order valence-electron chi connectivity index (χ4n) is 1.82. The highest BCUT2D eigenvalue weighted by atomic mass is 16.3. The molecule has 0 aliphatic carbocycles. The van der Waals surface area contributed by atoms with E-state index in [9.17, 15) is 9.90 Å². The summed E-state index contributed by atoms with van der Waals surface area (Å²) in [5.74, 6) is 0. The Kier molecular flexibility index (Phi) is 5.83. The molecule has 3 N–H and O–H groups in total. The van der Waals surface area contributed by atoms with Crippen LogP contribution >= 0.6 is 0 Å². The summed E-state index contributed by atoms with van der Waals surface area (Å²) in [6.45, 7) is 6.03. The quantitative estimate of drug-likeness (QED) is 0.739. The van der Waals surface area contributed by atoms with Gasteiger partial charge in [-0.3, -0.25) is 0 Å². The Balaban J connectivity index is 2.44. The number of carbonyl (C=O) groups excluding carboxylic acids is 1. The van der Waals surface area contributed by atoms with Gasteiger partial charge in [0.2, 0.25) is 0 Å². The maximum atomic E-state index is 11.8. The van der Waals surface area contributed by atoms with Crippen molar-refractivity contribution in [3.63, 3.8) is 0 Å². The first-order valence-electron chi connectivity index (χ1n) is 6.82. The molecule has 0 saturated carbocycles. The number of benzene rings is 1. The number of hydrogen-bond acceptors (Lipinski definition) is 2. The van der Waals surface area contributed by atoms with Crippen LogP contribution in [0.4, 0.5) is 4.79 Å². The summed E-state index contributed by atoms with van der Waals surface area (Å²) in [7, 11) is 0. The number of urea groups is 1. The second kappa shape index (κ2) is 7.14. The smallest absolute Gasteiger partial charge is 0.315 e. The number of aliphatic hydroxyl groups is 1. The molecule has 19 heavy (non-hydrogen) atoms. The zero-order chi connectivity index (χ0) is 14.3. The van der Waals surface area contributed by atoms with Crippen molar-refractivity contribution in [3.05, 3.63) is 35.9 Å². The molecular weight excluding hydrogens is 240 g/mol. The largest absolute Gasteiger partial charge is 0.388 e. The topological polar surface area (TPSA) is 61.4 Å². The molecule has 0 aromatic heterocycles. The molecule has 0 spiro atoms. The average molecular weight is 264 g/mol. The third-order valence-corrected chi connectivity index (χ3v) is 3.54. The molecule has 1 aromatic carbocycles. The van der Waals surface area contributed by atoms with Crippen molar-refractivity contribution in [2.24, 2.45) is 0 Å². The van der Waals surface area contributed by atoms with Gasteiger partial charge in [0.1, 0.15) is 0 Å². The second-order valence-corrected chi connectivity index (χ2v) is 4.89. The SMILES string of the molecule is CCC(O)(CC)CNC(=O)NC(C)c1ccccc1. The lowest BCUT2D eigenvalue weighted by atomic mass is 9.98. The first-order valence-corrected chi connectivity index (χ1v) is 6.82. The van der Waals surface area contributed by atoms with Crippen molar-refractivity contribution in [2.45, 2.75) is 45.3 Å². The molecule has 1 rings (SSSR count). The van der Waals surface area contributed by atoms with Gasteiger partial charge in [-0.25, -0.2) is 4.79 Å². The zero-order valence-electron chi connectivity index (χ0n) is 11.9. The lowest BCUT2D eigenvalue weighted by molar-refractivity contribution is 0.0349. The van der Waals surface area contributed by atoms with E-state index < -0.39 is 5.60 Å². The molecule has 0 fully saturated rings. The second-order valence-electron chi connectivity index (χ2n) is 4.89. The van der Waals surface area contributed by atoms with Gasteiger partial charge in [-0.15, -0.1) is 0 Å². The summed E-state index contributed by atoms with van der Waals surface area (Å²) in [6, 6.07) is 9.46. The van der Waals surface area contributed by atoms with Gasteiger partial charge in [0.25, 0.3) is 0 Å². The van der Waals surface area contributed by atoms with Gasteiger partial charge in [-0.2, -0.15) is 0 Å². The Morgan fingerprint density at radius 1 is 1.26 bits per heavy atom. The molecule has 4 heteroatoms. The van der Waals surface area contributed by atoms with Crippen LogP contribution in [0.15, 0.2) is 30.3 Å². The molecule has 1 aromatic rings. The van der Waals surface area contributed by atoms with E-state index in [1.165, 1.54) is 0 Å². The molecule has 0 radical (unpaired) electrons. The minimum Gasteiger partial charge on any atom is -0.388 e. The van der Waals surface area contributed by atoms with Crippen LogP contribution in [0.3, 0.4) is 0 Å². The number of hydrogen-bond donors (Lipinski definition) is 3. The van der Waals surface area contributed by atoms with E-state index in [1.54, 1.807) is 0 Å². The molecular formula is C15H24N2O2. The van der Waals surface area contributed by atoms with E-state index in [2.05, 4.69) is 10.6 Å². The number of amides is 2. The summed E-state index contributed by atoms with van der Waals surface area (Å²) >= 11 is 0. The Bertz CT molecular complexity index is 388. The van der Waals surface area contributed by atoms with E-state index in [0.717, 1.165) is 5.56 Å². The molecule has 0 aliphatic rings. The summed E-state index contributed by atoms with van der Waals surface area (Å²) in [5, 5.41) is 15.7. The maximum Gasteiger partial charge on any atom is 0.315 e. The van der Waals surface area contributed by atoms with Crippen molar-refractivity contribution < 1.29 is 9.90 Å². The first-order chi connectivity index (χ1) is 9.00. The molecule has 0 bridgehead atoms. The van der Waals surface area contributed by atoms with Crippen molar-refractivity contribution in [3.8, 4) is 0 Å². The Morgan fingerprint density at radius 2 is 1.84 bits per heavy atom. The third kappa shape index (κ3) is 4.91. The average Bonchev–Trinajstić information content (AvgIpc) is 2.45. The minimum absolute atomic E-state index is 0.0578. The summed E-state index contributed by atoms with van der Waals surface area (Å²) in [6.07, 6.45) is 1.25. The van der Waals surface area contributed by atoms with Gasteiger partial charge in [0, 0.05) is 6.54 Å². The molecule has 0 saturated heterocycles. The van der Waals surface area contributed by atoms with Crippen LogP contribution in [0.25, 0.3) is 0 Å². The first kappa shape index (κ1) is 15.5. The Morgan fingerprint density at radius 3 is 2.37 bits per heavy atom. The highest BCUT2D eigenvalue weighted by Gasteiger charge is 2.22. The highest BCUT2D eigenvalue weighted by Crippen LogP contribution is 2.13. The Hall–Kier alpha value is -1.55. The van der Waals surface area contributed by atoms with Gasteiger partial charge in [0.15, 0.2) is 0 Å². The zero-order valence-corrected chi connectivity index (χ0v) is 11.9. The third-order valence-electron chi connectivity index (χ3n) is 3.54. The number of rotatable bonds is 6. The van der Waals surface area contributed by atoms with Gasteiger partial charge >= 0.3 is 6.03 Å². The van der Waals surface area contributed by atoms with E-state index in [0.29, 0.717) is 12.8 Å². The van der Waals surface area contributed by atoms with Crippen molar-refractivity contribution in [1.82, 2.24) is 10.6 Å². The molecule has 2 amide bonds. The van der Waals surface area contributed by atoms with Crippen molar-refractivity contribution in [2.75, 3.05) is 6.54 Å². The lowest BCUT2D eigenvalue weighted by Gasteiger charge is -2.26. The van der Waals surface area contributed by atoms with Crippen LogP contribution in [0.1, 0.15) is 45.2 Å². The molecule has 106 valence electrons. The van der Waals surface area contributed by atoms with Crippen molar-refractivity contribution in [1.29, 1.82) is 0 Å². The Labute approximate surface area is 115 Å². The summed E-state index contributed by atoms with van der Waals surface area (Å²) < 4.78 is 0. The maximum absolute atomic E-state index is 11.8. The van der Waals surface area contributed by atoms with Crippen LogP contribution in [-0.2, 0) is 0 Å². The lowest BCUT2D eigenvalue weighted by Crippen LogP contribution is -2.46. The van der Waals surface area contributed by atoms with Crippen LogP contribution in [0, 0.1) is 0 Å². The van der Waals surface area contributed by atoms with Gasteiger partial charge < -0.3 is 15.7 Å². The van der Waals surface area contributed by atoms with Gasteiger partial charge in [-0.05, 0) is 25.3 Å². The van der Waals surface area contributed by atoms with E-state index >= 15 is 0 Å². The fourth-order valence-corrected chi connectivity index (χ4v) is 1.82. The van der Waals surface area contributed by atoms with E-state index in [-0.39, 0.29) is 18.6 Å². The standard InChI is InChI=1S/C15H24N2O2/c1-4-15(19,5-2)11-16-14(18)17-12(3)13-9-7-6-8-10-13/h6-10,12,19H,4-5,11H2,1-3H3,(H2,16,17,18). The number of carbonyl (C=O) groups is 1. The van der Waals surface area contributed by atoms with Crippen LogP contribution in [0.2, 0.25) is 0 Å². The van der Waals surface area contributed by atoms with Crippen LogP contribution in [0.5, 0.6) is 0 Å². The van der Waals surface area contributed by atoms with Gasteiger partial charge in [0.05, 0.1) is 11.6 Å². The predicted octanol–water partition coefficient (Wildman–Crippen LogP) is 2.60. The molecule has 1 unspecified atom stereocenters. The molecule has 4 nitrogen and oxygen atoms in total. The van der Waals surface area contributed by atoms with E-state index in [1.807, 2.05) is 51.1 Å².